The van der Waals surface area contributed by atoms with Crippen molar-refractivity contribution >= 4 is 5.84 Å². The van der Waals surface area contributed by atoms with Gasteiger partial charge < -0.3 is 5.73 Å². The standard InChI is InChI=1S/C7H13N3/c1-7(9)10-6-4-2-3-5-8/h2-4,6H2,1H3,(H2,9,10). The van der Waals surface area contributed by atoms with E-state index in [2.05, 4.69) is 11.1 Å². The Bertz CT molecular complexity index is 139. The van der Waals surface area contributed by atoms with E-state index in [1.807, 2.05) is 0 Å². The summed E-state index contributed by atoms with van der Waals surface area (Å²) in [5, 5.41) is 8.16. The first-order chi connectivity index (χ1) is 4.77. The lowest BCUT2D eigenvalue weighted by molar-refractivity contribution is 0.764. The molecule has 0 fully saturated rings. The van der Waals surface area contributed by atoms with Crippen LogP contribution < -0.4 is 5.73 Å². The highest BCUT2D eigenvalue weighted by atomic mass is 14.8. The number of unbranched alkanes of at least 4 members (excludes halogenated alkanes) is 2. The minimum absolute atomic E-state index is 0.622. The van der Waals surface area contributed by atoms with Gasteiger partial charge in [-0.1, -0.05) is 0 Å². The summed E-state index contributed by atoms with van der Waals surface area (Å²) in [5.74, 6) is 0.622. The van der Waals surface area contributed by atoms with Crippen molar-refractivity contribution in [3.63, 3.8) is 0 Å². The molecule has 0 aromatic carbocycles. The van der Waals surface area contributed by atoms with Crippen molar-refractivity contribution < 1.29 is 0 Å². The lowest BCUT2D eigenvalue weighted by Crippen LogP contribution is -2.05. The minimum Gasteiger partial charge on any atom is -0.388 e. The molecule has 3 heteroatoms. The average molecular weight is 139 g/mol. The van der Waals surface area contributed by atoms with E-state index in [0.717, 1.165) is 19.4 Å². The van der Waals surface area contributed by atoms with Gasteiger partial charge in [0.2, 0.25) is 0 Å². The molecule has 10 heavy (non-hydrogen) atoms. The van der Waals surface area contributed by atoms with Gasteiger partial charge in [-0.2, -0.15) is 5.26 Å². The monoisotopic (exact) mass is 139 g/mol. The number of nitrogens with zero attached hydrogens (tertiary/aromatic N) is 2. The van der Waals surface area contributed by atoms with Crippen LogP contribution in [0.3, 0.4) is 0 Å². The molecule has 0 saturated heterocycles. The SMILES string of the molecule is CC(N)=NCCCCC#N. The van der Waals surface area contributed by atoms with E-state index < -0.39 is 0 Å². The van der Waals surface area contributed by atoms with E-state index in [9.17, 15) is 0 Å². The van der Waals surface area contributed by atoms with E-state index in [4.69, 9.17) is 11.0 Å². The van der Waals surface area contributed by atoms with E-state index >= 15 is 0 Å². The van der Waals surface area contributed by atoms with Gasteiger partial charge in [-0.05, 0) is 19.8 Å². The van der Waals surface area contributed by atoms with Crippen LogP contribution in [0.4, 0.5) is 0 Å². The first-order valence-corrected chi connectivity index (χ1v) is 3.41. The molecule has 0 radical (unpaired) electrons. The topological polar surface area (TPSA) is 62.2 Å². The number of rotatable bonds is 4. The summed E-state index contributed by atoms with van der Waals surface area (Å²) in [6.45, 7) is 2.52. The van der Waals surface area contributed by atoms with Crippen LogP contribution in [0.1, 0.15) is 26.2 Å². The fourth-order valence-corrected chi connectivity index (χ4v) is 0.571. The van der Waals surface area contributed by atoms with E-state index in [-0.39, 0.29) is 0 Å². The van der Waals surface area contributed by atoms with Crippen molar-refractivity contribution in [2.45, 2.75) is 26.2 Å². The Morgan fingerprint density at radius 2 is 2.30 bits per heavy atom. The molecule has 0 bridgehead atoms. The van der Waals surface area contributed by atoms with Gasteiger partial charge in [-0.3, -0.25) is 4.99 Å². The summed E-state index contributed by atoms with van der Waals surface area (Å²) in [6, 6.07) is 2.08. The second-order valence-electron chi connectivity index (χ2n) is 2.14. The zero-order chi connectivity index (χ0) is 7.82. The fourth-order valence-electron chi connectivity index (χ4n) is 0.571. The zero-order valence-electron chi connectivity index (χ0n) is 6.30. The first-order valence-electron chi connectivity index (χ1n) is 3.41. The van der Waals surface area contributed by atoms with Crippen LogP contribution in [0, 0.1) is 11.3 Å². The average Bonchev–Trinajstić information content (AvgIpc) is 1.87. The van der Waals surface area contributed by atoms with Gasteiger partial charge in [0.25, 0.3) is 0 Å². The molecule has 0 aliphatic heterocycles. The van der Waals surface area contributed by atoms with Crippen molar-refractivity contribution in [3.05, 3.63) is 0 Å². The second-order valence-corrected chi connectivity index (χ2v) is 2.14. The maximum absolute atomic E-state index is 8.16. The third kappa shape index (κ3) is 6.96. The molecule has 0 rings (SSSR count). The number of aliphatic imine (C=N–C) groups is 1. The van der Waals surface area contributed by atoms with Gasteiger partial charge >= 0.3 is 0 Å². The number of amidine groups is 1. The normalized spacial score (nSPS) is 11.0. The highest BCUT2D eigenvalue weighted by molar-refractivity contribution is 5.77. The van der Waals surface area contributed by atoms with Crippen molar-refractivity contribution in [1.82, 2.24) is 0 Å². The molecule has 0 aliphatic rings. The van der Waals surface area contributed by atoms with Crippen molar-refractivity contribution in [2.75, 3.05) is 6.54 Å². The van der Waals surface area contributed by atoms with Crippen LogP contribution in [-0.4, -0.2) is 12.4 Å². The molecule has 56 valence electrons. The molecule has 0 aromatic rings. The lowest BCUT2D eigenvalue weighted by atomic mass is 10.2. The number of nitrogens with two attached hydrogens (primary N) is 1. The highest BCUT2D eigenvalue weighted by Crippen LogP contribution is 1.93. The van der Waals surface area contributed by atoms with Crippen molar-refractivity contribution in [2.24, 2.45) is 10.7 Å². The molecule has 0 aromatic heterocycles. The largest absolute Gasteiger partial charge is 0.388 e. The summed E-state index contributed by atoms with van der Waals surface area (Å²) in [6.07, 6.45) is 2.51. The Hall–Kier alpha value is -1.04. The Balaban J connectivity index is 3.07. The van der Waals surface area contributed by atoms with Crippen molar-refractivity contribution in [1.29, 1.82) is 5.26 Å². The van der Waals surface area contributed by atoms with Gasteiger partial charge in [0.05, 0.1) is 11.9 Å². The number of hydrogen-bond donors (Lipinski definition) is 1. The Morgan fingerprint density at radius 3 is 2.80 bits per heavy atom. The summed E-state index contributed by atoms with van der Waals surface area (Å²) >= 11 is 0. The fraction of sp³-hybridized carbons (Fsp3) is 0.714. The molecule has 0 heterocycles. The Labute approximate surface area is 61.6 Å². The first kappa shape index (κ1) is 8.96. The van der Waals surface area contributed by atoms with Crippen LogP contribution in [-0.2, 0) is 0 Å². The predicted molar refractivity (Wildman–Crippen MR) is 41.6 cm³/mol. The number of nitriles is 1. The Kier molecular flexibility index (Phi) is 5.45. The lowest BCUT2D eigenvalue weighted by Gasteiger charge is -1.91. The molecule has 2 N–H and O–H groups in total. The molecule has 0 spiro atoms. The van der Waals surface area contributed by atoms with E-state index in [0.29, 0.717) is 12.3 Å². The maximum atomic E-state index is 8.16. The molecular weight excluding hydrogens is 126 g/mol. The van der Waals surface area contributed by atoms with Crippen LogP contribution >= 0.6 is 0 Å². The summed E-state index contributed by atoms with van der Waals surface area (Å²) in [5.41, 5.74) is 5.29. The maximum Gasteiger partial charge on any atom is 0.0905 e. The smallest absolute Gasteiger partial charge is 0.0905 e. The van der Waals surface area contributed by atoms with Crippen LogP contribution in [0.5, 0.6) is 0 Å². The highest BCUT2D eigenvalue weighted by Gasteiger charge is 1.84. The van der Waals surface area contributed by atoms with Crippen LogP contribution in [0.15, 0.2) is 4.99 Å². The molecule has 0 atom stereocenters. The third-order valence-corrected chi connectivity index (χ3v) is 1.06. The molecular formula is C7H13N3. The molecule has 3 nitrogen and oxygen atoms in total. The van der Waals surface area contributed by atoms with Gasteiger partial charge in [-0.15, -0.1) is 0 Å². The second kappa shape index (κ2) is 6.09. The number of hydrogen-bond acceptors (Lipinski definition) is 2. The molecule has 0 unspecified atom stereocenters. The van der Waals surface area contributed by atoms with E-state index in [1.165, 1.54) is 0 Å². The van der Waals surface area contributed by atoms with E-state index in [1.54, 1.807) is 6.92 Å². The Morgan fingerprint density at radius 1 is 1.60 bits per heavy atom. The predicted octanol–water partition coefficient (Wildman–Crippen LogP) is 1.06. The third-order valence-electron chi connectivity index (χ3n) is 1.06. The van der Waals surface area contributed by atoms with Gasteiger partial charge in [0.15, 0.2) is 0 Å². The summed E-state index contributed by atoms with van der Waals surface area (Å²) < 4.78 is 0. The zero-order valence-corrected chi connectivity index (χ0v) is 6.30. The molecule has 0 aliphatic carbocycles. The van der Waals surface area contributed by atoms with Gasteiger partial charge in [0.1, 0.15) is 0 Å². The summed E-state index contributed by atoms with van der Waals surface area (Å²) in [7, 11) is 0. The van der Waals surface area contributed by atoms with Crippen molar-refractivity contribution in [3.8, 4) is 6.07 Å². The molecule has 0 amide bonds. The quantitative estimate of drug-likeness (QED) is 0.359. The summed E-state index contributed by atoms with van der Waals surface area (Å²) in [4.78, 5) is 3.98. The van der Waals surface area contributed by atoms with Gasteiger partial charge in [-0.25, -0.2) is 0 Å². The molecule has 0 saturated carbocycles. The van der Waals surface area contributed by atoms with Crippen LogP contribution in [0.25, 0.3) is 0 Å². The van der Waals surface area contributed by atoms with Crippen LogP contribution in [0.2, 0.25) is 0 Å². The minimum atomic E-state index is 0.622. The van der Waals surface area contributed by atoms with Gasteiger partial charge in [0, 0.05) is 13.0 Å².